The van der Waals surface area contributed by atoms with E-state index in [0.717, 1.165) is 17.2 Å². The summed E-state index contributed by atoms with van der Waals surface area (Å²) in [5, 5.41) is 15.9. The van der Waals surface area contributed by atoms with Crippen molar-refractivity contribution in [2.75, 3.05) is 6.54 Å². The van der Waals surface area contributed by atoms with Gasteiger partial charge in [-0.15, -0.1) is 0 Å². The first-order valence-electron chi connectivity index (χ1n) is 16.2. The Bertz CT molecular complexity index is 1710. The highest BCUT2D eigenvalue weighted by molar-refractivity contribution is 7.91. The fraction of sp³-hybridized carbons (Fsp3) is 0.545. The average Bonchev–Trinajstić information content (AvgIpc) is 3.95. The van der Waals surface area contributed by atoms with Gasteiger partial charge in [-0.05, 0) is 61.5 Å². The molecule has 3 fully saturated rings. The number of nitrogens with one attached hydrogen (secondary N) is 3. The molecular weight excluding hydrogens is 626 g/mol. The number of hydrogen-bond donors (Lipinski definition) is 4. The minimum absolute atomic E-state index is 0.0258. The molecule has 1 aromatic carbocycles. The van der Waals surface area contributed by atoms with Gasteiger partial charge in [0.1, 0.15) is 23.7 Å². The van der Waals surface area contributed by atoms with Crippen molar-refractivity contribution in [3.05, 3.63) is 48.7 Å². The second kappa shape index (κ2) is 12.8. The lowest BCUT2D eigenvalue weighted by Gasteiger charge is -2.31. The third-order valence-corrected chi connectivity index (χ3v) is 11.7. The Morgan fingerprint density at radius 1 is 1.09 bits per heavy atom. The number of pyridine rings is 1. The lowest BCUT2D eigenvalue weighted by atomic mass is 9.92. The van der Waals surface area contributed by atoms with E-state index in [0.29, 0.717) is 31.6 Å². The van der Waals surface area contributed by atoms with Crippen LogP contribution in [0.25, 0.3) is 10.8 Å². The zero-order chi connectivity index (χ0) is 33.5. The molecule has 0 unspecified atom stereocenters. The maximum absolute atomic E-state index is 14.2. The smallest absolute Gasteiger partial charge is 0.405 e. The van der Waals surface area contributed by atoms with Gasteiger partial charge in [0.05, 0.1) is 11.8 Å². The van der Waals surface area contributed by atoms with Crippen molar-refractivity contribution >= 4 is 44.6 Å². The SMILES string of the molecule is C[C@@H]1CCC[C@@H](C)/C=C\[C@@H]2C[C@@]2(C(=O)NS(=O)(=O)C2CC2)NC(=O)[C@@H]2C[C@@H](Oc3nccc4ccccc34)CN2C(=O)[C@H]1NC(=O)O. The number of fused-ring (bicyclic) bond motifs is 3. The van der Waals surface area contributed by atoms with Gasteiger partial charge in [-0.2, -0.15) is 0 Å². The molecule has 3 heterocycles. The molecule has 7 atom stereocenters. The normalized spacial score (nSPS) is 32.2. The number of benzene rings is 1. The van der Waals surface area contributed by atoms with Crippen molar-refractivity contribution in [2.24, 2.45) is 17.8 Å². The highest BCUT2D eigenvalue weighted by Gasteiger charge is 2.62. The van der Waals surface area contributed by atoms with Crippen LogP contribution >= 0.6 is 0 Å². The lowest BCUT2D eigenvalue weighted by molar-refractivity contribution is -0.142. The van der Waals surface area contributed by atoms with E-state index >= 15 is 0 Å². The molecule has 0 radical (unpaired) electrons. The van der Waals surface area contributed by atoms with Gasteiger partial charge in [0.2, 0.25) is 27.7 Å². The van der Waals surface area contributed by atoms with E-state index < -0.39 is 68.7 Å². The number of hydrogen-bond acceptors (Lipinski definition) is 8. The standard InChI is InChI=1S/C33H41N5O8S/c1-19-6-5-7-20(2)27(35-32(42)43)30(40)38-18-23(46-29-25-9-4-3-8-21(25)14-15-34-29)16-26(38)28(39)36-33(17-22(33)11-10-19)31(41)37-47(44,45)24-12-13-24/h3-4,8-11,14-15,19-20,22-24,26-27,35H,5-7,12-13,16-18H2,1-2H3,(H,36,39)(H,37,41)(H,42,43)/b11-10-/t19-,20-,22-,23-,26+,27+,33-/m1/s1. The summed E-state index contributed by atoms with van der Waals surface area (Å²) >= 11 is 0. The summed E-state index contributed by atoms with van der Waals surface area (Å²) in [6, 6.07) is 7.12. The van der Waals surface area contributed by atoms with E-state index in [1.54, 1.807) is 6.20 Å². The van der Waals surface area contributed by atoms with E-state index in [9.17, 15) is 32.7 Å². The topological polar surface area (TPSA) is 184 Å². The fourth-order valence-corrected chi connectivity index (χ4v) is 8.16. The summed E-state index contributed by atoms with van der Waals surface area (Å²) in [5.74, 6) is -2.39. The van der Waals surface area contributed by atoms with Crippen LogP contribution in [0.5, 0.6) is 5.88 Å². The first-order valence-corrected chi connectivity index (χ1v) is 17.8. The van der Waals surface area contributed by atoms with E-state index in [-0.39, 0.29) is 31.2 Å². The molecule has 2 saturated carbocycles. The van der Waals surface area contributed by atoms with Crippen LogP contribution in [0.3, 0.4) is 0 Å². The molecule has 2 aliphatic heterocycles. The molecule has 1 saturated heterocycles. The van der Waals surface area contributed by atoms with Crippen LogP contribution in [0.4, 0.5) is 4.79 Å². The van der Waals surface area contributed by atoms with Gasteiger partial charge in [-0.25, -0.2) is 18.2 Å². The summed E-state index contributed by atoms with van der Waals surface area (Å²) < 4.78 is 34.0. The summed E-state index contributed by atoms with van der Waals surface area (Å²) in [6.45, 7) is 3.80. The summed E-state index contributed by atoms with van der Waals surface area (Å²) in [6.07, 6.45) is 6.63. The Labute approximate surface area is 273 Å². The lowest BCUT2D eigenvalue weighted by Crippen LogP contribution is -2.59. The number of carbonyl (C=O) groups is 4. The molecule has 13 nitrogen and oxygen atoms in total. The fourth-order valence-electron chi connectivity index (χ4n) is 6.79. The Morgan fingerprint density at radius 2 is 1.85 bits per heavy atom. The van der Waals surface area contributed by atoms with Crippen LogP contribution in [-0.4, -0.2) is 82.7 Å². The average molecular weight is 668 g/mol. The molecule has 14 heteroatoms. The van der Waals surface area contributed by atoms with Gasteiger partial charge in [0.25, 0.3) is 5.91 Å². The zero-order valence-electron chi connectivity index (χ0n) is 26.4. The quantitative estimate of drug-likeness (QED) is 0.337. The van der Waals surface area contributed by atoms with Crippen LogP contribution in [0, 0.1) is 17.8 Å². The second-order valence-corrected chi connectivity index (χ2v) is 15.4. The monoisotopic (exact) mass is 667 g/mol. The van der Waals surface area contributed by atoms with Crippen LogP contribution < -0.4 is 20.1 Å². The Balaban J connectivity index is 1.33. The van der Waals surface area contributed by atoms with Crippen molar-refractivity contribution in [3.63, 3.8) is 0 Å². The van der Waals surface area contributed by atoms with Crippen molar-refractivity contribution in [1.29, 1.82) is 0 Å². The van der Waals surface area contributed by atoms with Gasteiger partial charge in [0.15, 0.2) is 0 Å². The number of carbonyl (C=O) groups excluding carboxylic acids is 3. The summed E-state index contributed by atoms with van der Waals surface area (Å²) in [7, 11) is -3.88. The first kappa shape index (κ1) is 32.7. The number of carboxylic acid groups (broad SMARTS) is 1. The van der Waals surface area contributed by atoms with E-state index in [4.69, 9.17) is 4.74 Å². The third kappa shape index (κ3) is 6.92. The Morgan fingerprint density at radius 3 is 2.60 bits per heavy atom. The van der Waals surface area contributed by atoms with Crippen molar-refractivity contribution < 1.29 is 37.4 Å². The number of amides is 4. The number of sulfonamides is 1. The number of rotatable bonds is 6. The van der Waals surface area contributed by atoms with E-state index in [2.05, 4.69) is 20.3 Å². The first-order chi connectivity index (χ1) is 22.4. The van der Waals surface area contributed by atoms with Crippen molar-refractivity contribution in [3.8, 4) is 5.88 Å². The molecule has 1 aromatic heterocycles. The van der Waals surface area contributed by atoms with Gasteiger partial charge in [-0.3, -0.25) is 19.1 Å². The number of allylic oxidation sites excluding steroid dienone is 1. The Kier molecular flexibility index (Phi) is 8.90. The molecule has 47 heavy (non-hydrogen) atoms. The van der Waals surface area contributed by atoms with E-state index in [1.807, 2.05) is 56.3 Å². The zero-order valence-corrected chi connectivity index (χ0v) is 27.2. The van der Waals surface area contributed by atoms with Crippen molar-refractivity contribution in [1.82, 2.24) is 25.2 Å². The molecule has 0 spiro atoms. The van der Waals surface area contributed by atoms with E-state index in [1.165, 1.54) is 4.90 Å². The van der Waals surface area contributed by atoms with Crippen molar-refractivity contribution in [2.45, 2.75) is 87.8 Å². The minimum atomic E-state index is -3.88. The number of aromatic nitrogens is 1. The van der Waals surface area contributed by atoms with Crippen LogP contribution in [0.1, 0.15) is 58.8 Å². The molecule has 4 aliphatic rings. The molecule has 2 aliphatic carbocycles. The maximum atomic E-state index is 14.2. The van der Waals surface area contributed by atoms with Gasteiger partial charge < -0.3 is 25.4 Å². The molecule has 252 valence electrons. The summed E-state index contributed by atoms with van der Waals surface area (Å²) in [4.78, 5) is 59.5. The Hall–Kier alpha value is -4.20. The van der Waals surface area contributed by atoms with Gasteiger partial charge >= 0.3 is 6.09 Å². The third-order valence-electron chi connectivity index (χ3n) is 9.83. The van der Waals surface area contributed by atoms with Crippen LogP contribution in [0.2, 0.25) is 0 Å². The molecule has 4 N–H and O–H groups in total. The maximum Gasteiger partial charge on any atom is 0.405 e. The van der Waals surface area contributed by atoms with Crippen LogP contribution in [0.15, 0.2) is 48.7 Å². The van der Waals surface area contributed by atoms with Gasteiger partial charge in [0, 0.05) is 23.9 Å². The molecule has 4 amide bonds. The highest BCUT2D eigenvalue weighted by atomic mass is 32.2. The predicted octanol–water partition coefficient (Wildman–Crippen LogP) is 2.71. The van der Waals surface area contributed by atoms with Gasteiger partial charge in [-0.1, -0.05) is 50.6 Å². The highest BCUT2D eigenvalue weighted by Crippen LogP contribution is 2.46. The largest absolute Gasteiger partial charge is 0.472 e. The number of nitrogens with zero attached hydrogens (tertiary/aromatic N) is 2. The molecule has 2 aromatic rings. The van der Waals surface area contributed by atoms with Crippen LogP contribution in [-0.2, 0) is 24.4 Å². The second-order valence-electron chi connectivity index (χ2n) is 13.5. The molecule has 0 bridgehead atoms. The summed E-state index contributed by atoms with van der Waals surface area (Å²) in [5.41, 5.74) is -1.51. The molecular formula is C33H41N5O8S. The minimum Gasteiger partial charge on any atom is -0.472 e. The number of ether oxygens (including phenoxy) is 1. The predicted molar refractivity (Wildman–Crippen MR) is 172 cm³/mol. The molecule has 6 rings (SSSR count).